The molecule has 0 spiro atoms. The Labute approximate surface area is 59.2 Å². The van der Waals surface area contributed by atoms with E-state index in [1.165, 1.54) is 0 Å². The van der Waals surface area contributed by atoms with E-state index in [9.17, 15) is 5.11 Å². The van der Waals surface area contributed by atoms with Gasteiger partial charge in [-0.25, -0.2) is 0 Å². The van der Waals surface area contributed by atoms with Crippen molar-refractivity contribution in [1.29, 1.82) is 0 Å². The van der Waals surface area contributed by atoms with E-state index in [4.69, 9.17) is 0 Å². The fraction of sp³-hybridized carbons (Fsp3) is 1.00. The van der Waals surface area contributed by atoms with Gasteiger partial charge in [-0.1, -0.05) is 0 Å². The fourth-order valence-corrected chi connectivity index (χ4v) is 2.90. The van der Waals surface area contributed by atoms with Crippen LogP contribution < -0.4 is 0 Å². The Hall–Kier alpha value is 0.270. The van der Waals surface area contributed by atoms with Crippen LogP contribution in [0.4, 0.5) is 0 Å². The molecular formula is C6H11NOS. The number of hydrogen-bond donors (Lipinski definition) is 1. The van der Waals surface area contributed by atoms with Crippen molar-refractivity contribution < 1.29 is 5.11 Å². The summed E-state index contributed by atoms with van der Waals surface area (Å²) in [6.45, 7) is 1.11. The highest BCUT2D eigenvalue weighted by Crippen LogP contribution is 2.29. The van der Waals surface area contributed by atoms with Crippen LogP contribution in [0, 0.1) is 0 Å². The lowest BCUT2D eigenvalue weighted by atomic mass is 10.2. The maximum atomic E-state index is 9.34. The molecule has 0 aromatic heterocycles. The molecule has 1 unspecified atom stereocenters. The van der Waals surface area contributed by atoms with Gasteiger partial charge in [-0.3, -0.25) is 4.90 Å². The van der Waals surface area contributed by atoms with Crippen molar-refractivity contribution in [2.45, 2.75) is 18.6 Å². The second kappa shape index (κ2) is 2.15. The first-order chi connectivity index (χ1) is 4.38. The van der Waals surface area contributed by atoms with E-state index in [0.29, 0.717) is 6.04 Å². The molecule has 2 aliphatic heterocycles. The molecule has 0 aliphatic carbocycles. The second-order valence-corrected chi connectivity index (χ2v) is 3.74. The molecule has 2 fully saturated rings. The molecule has 0 amide bonds. The summed E-state index contributed by atoms with van der Waals surface area (Å²) >= 11 is 1.94. The van der Waals surface area contributed by atoms with Gasteiger partial charge >= 0.3 is 0 Å². The summed E-state index contributed by atoms with van der Waals surface area (Å²) in [5, 5.41) is 9.34. The summed E-state index contributed by atoms with van der Waals surface area (Å²) in [6.07, 6.45) is 0.964. The quantitative estimate of drug-likeness (QED) is 0.524. The molecule has 0 aromatic carbocycles. The van der Waals surface area contributed by atoms with Gasteiger partial charge < -0.3 is 5.11 Å². The minimum absolute atomic E-state index is 0.0278. The summed E-state index contributed by atoms with van der Waals surface area (Å²) in [5.74, 6) is 2.28. The Bertz CT molecular complexity index is 120. The Morgan fingerprint density at radius 2 is 2.44 bits per heavy atom. The average molecular weight is 145 g/mol. The molecule has 2 saturated heterocycles. The van der Waals surface area contributed by atoms with E-state index in [1.807, 2.05) is 11.8 Å². The van der Waals surface area contributed by atoms with Gasteiger partial charge in [0.1, 0.15) is 0 Å². The molecular weight excluding hydrogens is 134 g/mol. The summed E-state index contributed by atoms with van der Waals surface area (Å²) in [7, 11) is 0. The minimum Gasteiger partial charge on any atom is -0.391 e. The lowest BCUT2D eigenvalue weighted by molar-refractivity contribution is 0.142. The van der Waals surface area contributed by atoms with E-state index in [2.05, 4.69) is 4.90 Å². The summed E-state index contributed by atoms with van der Waals surface area (Å²) in [4.78, 5) is 2.37. The zero-order valence-corrected chi connectivity index (χ0v) is 6.10. The van der Waals surface area contributed by atoms with Crippen LogP contribution >= 0.6 is 11.8 Å². The first-order valence-corrected chi connectivity index (χ1v) is 4.53. The Kier molecular flexibility index (Phi) is 1.43. The van der Waals surface area contributed by atoms with Crippen LogP contribution in [0.25, 0.3) is 0 Å². The highest BCUT2D eigenvalue weighted by Gasteiger charge is 2.36. The molecule has 9 heavy (non-hydrogen) atoms. The maximum Gasteiger partial charge on any atom is 0.0715 e. The van der Waals surface area contributed by atoms with E-state index in [-0.39, 0.29) is 6.10 Å². The third-order valence-electron chi connectivity index (χ3n) is 2.17. The fourth-order valence-electron chi connectivity index (χ4n) is 1.57. The predicted octanol–water partition coefficient (Wildman–Crippen LogP) is 0.126. The zero-order chi connectivity index (χ0) is 6.27. The molecule has 2 heterocycles. The molecule has 0 radical (unpaired) electrons. The van der Waals surface area contributed by atoms with E-state index in [1.54, 1.807) is 0 Å². The Balaban J connectivity index is 2.07. The molecule has 2 atom stereocenters. The van der Waals surface area contributed by atoms with Gasteiger partial charge in [0.2, 0.25) is 0 Å². The molecule has 52 valence electrons. The lowest BCUT2D eigenvalue weighted by Gasteiger charge is -2.13. The van der Waals surface area contributed by atoms with Crippen LogP contribution in [-0.4, -0.2) is 40.3 Å². The largest absolute Gasteiger partial charge is 0.391 e. The number of aliphatic hydroxyl groups is 1. The average Bonchev–Trinajstić information content (AvgIpc) is 2.35. The standard InChI is InChI=1S/C6H11NOS/c8-6-1-2-7-4-9-3-5(6)7/h5-6,8H,1-4H2/t5-,6?/m1/s1. The molecule has 2 aliphatic rings. The monoisotopic (exact) mass is 145 g/mol. The number of fused-ring (bicyclic) bond motifs is 1. The normalized spacial score (nSPS) is 43.7. The van der Waals surface area contributed by atoms with Gasteiger partial charge in [0.15, 0.2) is 0 Å². The van der Waals surface area contributed by atoms with Crippen molar-refractivity contribution in [3.63, 3.8) is 0 Å². The van der Waals surface area contributed by atoms with Crippen molar-refractivity contribution >= 4 is 11.8 Å². The number of hydrogen-bond acceptors (Lipinski definition) is 3. The molecule has 2 rings (SSSR count). The third-order valence-corrected chi connectivity index (χ3v) is 3.26. The summed E-state index contributed by atoms with van der Waals surface area (Å²) in [6, 6.07) is 0.495. The third kappa shape index (κ3) is 0.876. The molecule has 0 aromatic rings. The van der Waals surface area contributed by atoms with Crippen molar-refractivity contribution in [3.05, 3.63) is 0 Å². The van der Waals surface area contributed by atoms with Gasteiger partial charge in [-0.2, -0.15) is 0 Å². The van der Waals surface area contributed by atoms with Crippen LogP contribution in [0.2, 0.25) is 0 Å². The molecule has 0 bridgehead atoms. The summed E-state index contributed by atoms with van der Waals surface area (Å²) in [5.41, 5.74) is 0. The highest BCUT2D eigenvalue weighted by atomic mass is 32.2. The Morgan fingerprint density at radius 3 is 3.22 bits per heavy atom. The molecule has 0 saturated carbocycles. The minimum atomic E-state index is -0.0278. The first kappa shape index (κ1) is 6.01. The predicted molar refractivity (Wildman–Crippen MR) is 38.4 cm³/mol. The number of aliphatic hydroxyl groups excluding tert-OH is 1. The summed E-state index contributed by atoms with van der Waals surface area (Å²) < 4.78 is 0. The van der Waals surface area contributed by atoms with Crippen molar-refractivity contribution in [2.75, 3.05) is 18.2 Å². The SMILES string of the molecule is OC1CCN2CSC[C@H]12. The van der Waals surface area contributed by atoms with Gasteiger partial charge in [0.25, 0.3) is 0 Å². The van der Waals surface area contributed by atoms with Crippen LogP contribution in [-0.2, 0) is 0 Å². The van der Waals surface area contributed by atoms with E-state index in [0.717, 1.165) is 24.6 Å². The zero-order valence-electron chi connectivity index (χ0n) is 5.29. The number of thioether (sulfide) groups is 1. The van der Waals surface area contributed by atoms with Gasteiger partial charge in [-0.15, -0.1) is 11.8 Å². The van der Waals surface area contributed by atoms with Crippen LogP contribution in [0.1, 0.15) is 6.42 Å². The smallest absolute Gasteiger partial charge is 0.0715 e. The van der Waals surface area contributed by atoms with Crippen LogP contribution in [0.15, 0.2) is 0 Å². The first-order valence-electron chi connectivity index (χ1n) is 3.38. The molecule has 3 heteroatoms. The van der Waals surface area contributed by atoms with E-state index >= 15 is 0 Å². The van der Waals surface area contributed by atoms with Crippen molar-refractivity contribution in [2.24, 2.45) is 0 Å². The molecule has 2 nitrogen and oxygen atoms in total. The van der Waals surface area contributed by atoms with Gasteiger partial charge in [0, 0.05) is 24.2 Å². The van der Waals surface area contributed by atoms with Crippen LogP contribution in [0.3, 0.4) is 0 Å². The second-order valence-electron chi connectivity index (χ2n) is 2.74. The van der Waals surface area contributed by atoms with Gasteiger partial charge in [0.05, 0.1) is 6.10 Å². The maximum absolute atomic E-state index is 9.34. The number of rotatable bonds is 0. The van der Waals surface area contributed by atoms with E-state index < -0.39 is 0 Å². The van der Waals surface area contributed by atoms with Crippen molar-refractivity contribution in [3.8, 4) is 0 Å². The lowest BCUT2D eigenvalue weighted by Crippen LogP contribution is -2.30. The Morgan fingerprint density at radius 1 is 1.56 bits per heavy atom. The van der Waals surface area contributed by atoms with Crippen LogP contribution in [0.5, 0.6) is 0 Å². The topological polar surface area (TPSA) is 23.5 Å². The number of nitrogens with zero attached hydrogens (tertiary/aromatic N) is 1. The highest BCUT2D eigenvalue weighted by molar-refractivity contribution is 7.99. The van der Waals surface area contributed by atoms with Crippen molar-refractivity contribution in [1.82, 2.24) is 4.90 Å². The van der Waals surface area contributed by atoms with Gasteiger partial charge in [-0.05, 0) is 6.42 Å². The molecule has 1 N–H and O–H groups in total.